The maximum absolute atomic E-state index is 4.41. The first kappa shape index (κ1) is 14.2. The van der Waals surface area contributed by atoms with Crippen molar-refractivity contribution in [2.75, 3.05) is 7.05 Å². The van der Waals surface area contributed by atoms with E-state index in [2.05, 4.69) is 46.9 Å². The summed E-state index contributed by atoms with van der Waals surface area (Å²) in [5.41, 5.74) is 2.71. The molecule has 1 atom stereocenters. The fraction of sp³-hybridized carbons (Fsp3) is 0.571. The topological polar surface area (TPSA) is 42.7 Å². The third kappa shape index (κ3) is 3.42. The molecule has 2 rings (SSSR count). The van der Waals surface area contributed by atoms with Gasteiger partial charge in [-0.2, -0.15) is 16.4 Å². The van der Waals surface area contributed by atoms with Crippen LogP contribution in [0.5, 0.6) is 0 Å². The largest absolute Gasteiger partial charge is 0.313 e. The van der Waals surface area contributed by atoms with Gasteiger partial charge in [0.2, 0.25) is 0 Å². The van der Waals surface area contributed by atoms with Gasteiger partial charge in [-0.1, -0.05) is 13.8 Å². The highest BCUT2D eigenvalue weighted by Gasteiger charge is 2.17. The summed E-state index contributed by atoms with van der Waals surface area (Å²) >= 11 is 1.75. The summed E-state index contributed by atoms with van der Waals surface area (Å²) in [6, 6.07) is 0.307. The molecule has 2 aromatic heterocycles. The molecule has 5 heteroatoms. The second-order valence-corrected chi connectivity index (χ2v) is 6.05. The molecule has 1 unspecified atom stereocenters. The first-order chi connectivity index (χ1) is 9.11. The third-order valence-corrected chi connectivity index (χ3v) is 4.12. The minimum absolute atomic E-state index is 0.307. The summed E-state index contributed by atoms with van der Waals surface area (Å²) < 4.78 is 2.02. The molecule has 0 aromatic carbocycles. The fourth-order valence-electron chi connectivity index (χ4n) is 2.22. The summed E-state index contributed by atoms with van der Waals surface area (Å²) in [4.78, 5) is 4.41. The second-order valence-electron chi connectivity index (χ2n) is 5.31. The van der Waals surface area contributed by atoms with Crippen LogP contribution < -0.4 is 5.32 Å². The van der Waals surface area contributed by atoms with Gasteiger partial charge < -0.3 is 5.32 Å². The number of aryl methyl sites for hydroxylation is 1. The van der Waals surface area contributed by atoms with Gasteiger partial charge in [-0.25, -0.2) is 9.67 Å². The Morgan fingerprint density at radius 1 is 1.37 bits per heavy atom. The lowest BCUT2D eigenvalue weighted by atomic mass is 10.0. The highest BCUT2D eigenvalue weighted by molar-refractivity contribution is 7.08. The van der Waals surface area contributed by atoms with E-state index in [4.69, 9.17) is 0 Å². The number of nitrogens with zero attached hydrogens (tertiary/aromatic N) is 3. The molecule has 2 aromatic rings. The van der Waals surface area contributed by atoms with Crippen molar-refractivity contribution in [1.82, 2.24) is 20.1 Å². The summed E-state index contributed by atoms with van der Waals surface area (Å²) in [7, 11) is 2.00. The van der Waals surface area contributed by atoms with Gasteiger partial charge in [0.05, 0.1) is 0 Å². The number of thiophene rings is 1. The normalized spacial score (nSPS) is 13.1. The van der Waals surface area contributed by atoms with E-state index in [1.165, 1.54) is 11.1 Å². The van der Waals surface area contributed by atoms with Crippen molar-refractivity contribution < 1.29 is 0 Å². The minimum atomic E-state index is 0.307. The number of rotatable bonds is 6. The molecule has 2 heterocycles. The van der Waals surface area contributed by atoms with E-state index in [1.807, 2.05) is 11.7 Å². The van der Waals surface area contributed by atoms with Crippen LogP contribution in [0.1, 0.15) is 36.8 Å². The van der Waals surface area contributed by atoms with Crippen LogP contribution in [0.3, 0.4) is 0 Å². The Kier molecular flexibility index (Phi) is 4.71. The van der Waals surface area contributed by atoms with E-state index in [0.29, 0.717) is 12.0 Å². The lowest BCUT2D eigenvalue weighted by Gasteiger charge is -2.17. The van der Waals surface area contributed by atoms with E-state index < -0.39 is 0 Å². The number of hydrogen-bond donors (Lipinski definition) is 1. The summed E-state index contributed by atoms with van der Waals surface area (Å²) in [6.07, 6.45) is 2.53. The molecule has 1 N–H and O–H groups in total. The molecule has 104 valence electrons. The fourth-order valence-corrected chi connectivity index (χ4v) is 3.13. The Labute approximate surface area is 118 Å². The number of likely N-dealkylation sites (N-methyl/N-ethyl adjacent to an activating group) is 1. The Morgan fingerprint density at radius 3 is 2.74 bits per heavy atom. The van der Waals surface area contributed by atoms with E-state index in [-0.39, 0.29) is 0 Å². The Morgan fingerprint density at radius 2 is 2.16 bits per heavy atom. The molecule has 0 saturated heterocycles. The van der Waals surface area contributed by atoms with Gasteiger partial charge in [0.1, 0.15) is 12.2 Å². The maximum Gasteiger partial charge on any atom is 0.138 e. The van der Waals surface area contributed by atoms with E-state index >= 15 is 0 Å². The average Bonchev–Trinajstić information content (AvgIpc) is 2.95. The molecule has 0 fully saturated rings. The molecule has 0 aliphatic carbocycles. The predicted octanol–water partition coefficient (Wildman–Crippen LogP) is 2.81. The van der Waals surface area contributed by atoms with Crippen LogP contribution in [0.15, 0.2) is 17.1 Å². The lowest BCUT2D eigenvalue weighted by Crippen LogP contribution is -2.22. The average molecular weight is 278 g/mol. The van der Waals surface area contributed by atoms with E-state index in [1.54, 1.807) is 17.7 Å². The third-order valence-electron chi connectivity index (χ3n) is 3.24. The Hall–Kier alpha value is -1.20. The van der Waals surface area contributed by atoms with Crippen molar-refractivity contribution in [3.63, 3.8) is 0 Å². The minimum Gasteiger partial charge on any atom is -0.313 e. The zero-order chi connectivity index (χ0) is 13.8. The predicted molar refractivity (Wildman–Crippen MR) is 79.4 cm³/mol. The molecular weight excluding hydrogens is 256 g/mol. The van der Waals surface area contributed by atoms with Crippen LogP contribution in [-0.4, -0.2) is 21.8 Å². The van der Waals surface area contributed by atoms with Crippen molar-refractivity contribution in [2.24, 2.45) is 5.92 Å². The van der Waals surface area contributed by atoms with Crippen molar-refractivity contribution in [2.45, 2.75) is 39.8 Å². The Bertz CT molecular complexity index is 515. The molecule has 0 amide bonds. The molecule has 0 aliphatic rings. The first-order valence-corrected chi connectivity index (χ1v) is 7.62. The van der Waals surface area contributed by atoms with Gasteiger partial charge in [-0.3, -0.25) is 0 Å². The highest BCUT2D eigenvalue weighted by atomic mass is 32.1. The van der Waals surface area contributed by atoms with Crippen molar-refractivity contribution >= 4 is 11.3 Å². The molecule has 0 saturated carbocycles. The Balaban J connectivity index is 2.15. The van der Waals surface area contributed by atoms with E-state index in [9.17, 15) is 0 Å². The lowest BCUT2D eigenvalue weighted by molar-refractivity contribution is 0.451. The summed E-state index contributed by atoms with van der Waals surface area (Å²) in [5, 5.41) is 12.1. The molecule has 19 heavy (non-hydrogen) atoms. The summed E-state index contributed by atoms with van der Waals surface area (Å²) in [5.74, 6) is 1.63. The monoisotopic (exact) mass is 278 g/mol. The van der Waals surface area contributed by atoms with Crippen molar-refractivity contribution in [1.29, 1.82) is 0 Å². The van der Waals surface area contributed by atoms with Crippen LogP contribution in [0, 0.1) is 12.8 Å². The number of aromatic nitrogens is 3. The van der Waals surface area contributed by atoms with E-state index in [0.717, 1.165) is 18.8 Å². The molecule has 0 aliphatic heterocycles. The van der Waals surface area contributed by atoms with Gasteiger partial charge in [-0.15, -0.1) is 0 Å². The van der Waals surface area contributed by atoms with Gasteiger partial charge in [0.25, 0.3) is 0 Å². The standard InChI is InChI=1S/C14H22N4S/c1-10(2)6-18-14(16-9-17-18)5-13(15-4)12-8-19-7-11(12)3/h7-10,13,15H,5-6H2,1-4H3. The summed E-state index contributed by atoms with van der Waals surface area (Å²) in [6.45, 7) is 7.48. The molecule has 0 bridgehead atoms. The zero-order valence-corrected chi connectivity index (χ0v) is 12.9. The number of nitrogens with one attached hydrogen (secondary N) is 1. The van der Waals surface area contributed by atoms with Crippen LogP contribution >= 0.6 is 11.3 Å². The maximum atomic E-state index is 4.41. The number of hydrogen-bond acceptors (Lipinski definition) is 4. The van der Waals surface area contributed by atoms with Gasteiger partial charge in [-0.05, 0) is 41.8 Å². The van der Waals surface area contributed by atoms with Gasteiger partial charge >= 0.3 is 0 Å². The van der Waals surface area contributed by atoms with Gasteiger partial charge in [0, 0.05) is 19.0 Å². The van der Waals surface area contributed by atoms with Crippen LogP contribution in [-0.2, 0) is 13.0 Å². The zero-order valence-electron chi connectivity index (χ0n) is 12.1. The molecule has 4 nitrogen and oxygen atoms in total. The highest BCUT2D eigenvalue weighted by Crippen LogP contribution is 2.24. The molecule has 0 spiro atoms. The molecule has 0 radical (unpaired) electrons. The van der Waals surface area contributed by atoms with Gasteiger partial charge in [0.15, 0.2) is 0 Å². The van der Waals surface area contributed by atoms with Crippen molar-refractivity contribution in [3.05, 3.63) is 34.0 Å². The van der Waals surface area contributed by atoms with Crippen LogP contribution in [0.25, 0.3) is 0 Å². The van der Waals surface area contributed by atoms with Crippen molar-refractivity contribution in [3.8, 4) is 0 Å². The van der Waals surface area contributed by atoms with Crippen LogP contribution in [0.4, 0.5) is 0 Å². The van der Waals surface area contributed by atoms with Crippen LogP contribution in [0.2, 0.25) is 0 Å². The first-order valence-electron chi connectivity index (χ1n) is 6.68. The second kappa shape index (κ2) is 6.30. The SMILES string of the molecule is CNC(Cc1ncnn1CC(C)C)c1cscc1C. The quantitative estimate of drug-likeness (QED) is 0.883. The smallest absolute Gasteiger partial charge is 0.138 e. The molecular formula is C14H22N4S.